The van der Waals surface area contributed by atoms with E-state index in [1.807, 2.05) is 0 Å². The standard InChI is InChI=1S/C8H17N5.2ClH/c1-8(2,3)10-5-6-11-7(9)13(4)12-6;;/h10H,5H2,1-4H3,(H2,9,11,12);2*1H. The predicted octanol–water partition coefficient (Wildman–Crippen LogP) is 1.13. The first-order valence-corrected chi connectivity index (χ1v) is 4.29. The van der Waals surface area contributed by atoms with E-state index in [1.54, 1.807) is 11.7 Å². The van der Waals surface area contributed by atoms with E-state index in [2.05, 4.69) is 36.2 Å². The zero-order valence-corrected chi connectivity index (χ0v) is 11.1. The van der Waals surface area contributed by atoms with E-state index >= 15 is 0 Å². The highest BCUT2D eigenvalue weighted by Crippen LogP contribution is 2.02. The summed E-state index contributed by atoms with van der Waals surface area (Å²) in [4.78, 5) is 4.08. The molecular formula is C8H19Cl2N5. The monoisotopic (exact) mass is 255 g/mol. The molecule has 0 aromatic carbocycles. The van der Waals surface area contributed by atoms with Crippen LogP contribution >= 0.6 is 24.8 Å². The minimum atomic E-state index is 0. The summed E-state index contributed by atoms with van der Waals surface area (Å²) in [6.07, 6.45) is 0. The summed E-state index contributed by atoms with van der Waals surface area (Å²) < 4.78 is 1.57. The number of aryl methyl sites for hydroxylation is 1. The molecule has 0 spiro atoms. The Bertz CT molecular complexity index is 272. The van der Waals surface area contributed by atoms with Crippen LogP contribution in [-0.4, -0.2) is 20.3 Å². The van der Waals surface area contributed by atoms with Crippen LogP contribution in [0.25, 0.3) is 0 Å². The van der Waals surface area contributed by atoms with Gasteiger partial charge in [-0.3, -0.25) is 0 Å². The van der Waals surface area contributed by atoms with Gasteiger partial charge < -0.3 is 11.1 Å². The molecule has 3 N–H and O–H groups in total. The molecule has 0 unspecified atom stereocenters. The SMILES string of the molecule is Cl.Cl.Cn1nc(CNC(C)(C)C)nc1N. The molecule has 0 aliphatic heterocycles. The quantitative estimate of drug-likeness (QED) is 0.832. The van der Waals surface area contributed by atoms with E-state index < -0.39 is 0 Å². The third kappa shape index (κ3) is 5.81. The predicted molar refractivity (Wildman–Crippen MR) is 66.5 cm³/mol. The van der Waals surface area contributed by atoms with Crippen molar-refractivity contribution in [2.45, 2.75) is 32.9 Å². The van der Waals surface area contributed by atoms with Gasteiger partial charge in [-0.2, -0.15) is 10.1 Å². The molecule has 0 aliphatic rings. The molecule has 0 radical (unpaired) electrons. The molecule has 0 saturated carbocycles. The Labute approximate surface area is 103 Å². The van der Waals surface area contributed by atoms with Gasteiger partial charge in [-0.1, -0.05) is 0 Å². The maximum absolute atomic E-state index is 5.54. The molecule has 0 atom stereocenters. The van der Waals surface area contributed by atoms with Gasteiger partial charge in [0, 0.05) is 12.6 Å². The van der Waals surface area contributed by atoms with Crippen LogP contribution in [-0.2, 0) is 13.6 Å². The number of nitrogens with one attached hydrogen (secondary N) is 1. The van der Waals surface area contributed by atoms with Gasteiger partial charge in [0.1, 0.15) is 0 Å². The number of hydrogen-bond acceptors (Lipinski definition) is 4. The lowest BCUT2D eigenvalue weighted by Gasteiger charge is -2.18. The molecule has 1 aromatic rings. The van der Waals surface area contributed by atoms with E-state index in [0.29, 0.717) is 12.5 Å². The second kappa shape index (κ2) is 6.15. The fourth-order valence-corrected chi connectivity index (χ4v) is 0.870. The van der Waals surface area contributed by atoms with E-state index in [1.165, 1.54) is 0 Å². The van der Waals surface area contributed by atoms with E-state index in [-0.39, 0.29) is 30.4 Å². The number of nitrogen functional groups attached to an aromatic ring is 1. The van der Waals surface area contributed by atoms with Crippen molar-refractivity contribution in [3.8, 4) is 0 Å². The Morgan fingerprint density at radius 1 is 1.33 bits per heavy atom. The van der Waals surface area contributed by atoms with Crippen molar-refractivity contribution in [1.29, 1.82) is 0 Å². The maximum Gasteiger partial charge on any atom is 0.218 e. The Morgan fingerprint density at radius 2 is 1.87 bits per heavy atom. The van der Waals surface area contributed by atoms with Crippen LogP contribution < -0.4 is 11.1 Å². The molecule has 90 valence electrons. The van der Waals surface area contributed by atoms with Crippen molar-refractivity contribution in [3.63, 3.8) is 0 Å². The van der Waals surface area contributed by atoms with Gasteiger partial charge in [-0.15, -0.1) is 24.8 Å². The zero-order chi connectivity index (χ0) is 10.1. The number of hydrogen-bond donors (Lipinski definition) is 2. The van der Waals surface area contributed by atoms with Gasteiger partial charge in [-0.05, 0) is 20.8 Å². The third-order valence-corrected chi connectivity index (χ3v) is 1.62. The second-order valence-electron chi connectivity index (χ2n) is 4.11. The van der Waals surface area contributed by atoms with E-state index in [9.17, 15) is 0 Å². The summed E-state index contributed by atoms with van der Waals surface area (Å²) >= 11 is 0. The molecule has 15 heavy (non-hydrogen) atoms. The Hall–Kier alpha value is -0.520. The summed E-state index contributed by atoms with van der Waals surface area (Å²) in [6.45, 7) is 6.94. The molecular weight excluding hydrogens is 237 g/mol. The van der Waals surface area contributed by atoms with Crippen LogP contribution in [0.4, 0.5) is 5.95 Å². The summed E-state index contributed by atoms with van der Waals surface area (Å²) in [5.41, 5.74) is 5.62. The molecule has 0 amide bonds. The van der Waals surface area contributed by atoms with Crippen molar-refractivity contribution in [3.05, 3.63) is 5.82 Å². The van der Waals surface area contributed by atoms with Crippen LogP contribution in [0.3, 0.4) is 0 Å². The fraction of sp³-hybridized carbons (Fsp3) is 0.750. The first kappa shape index (κ1) is 16.9. The van der Waals surface area contributed by atoms with Crippen LogP contribution in [0.5, 0.6) is 0 Å². The smallest absolute Gasteiger partial charge is 0.218 e. The van der Waals surface area contributed by atoms with Crippen molar-refractivity contribution in [1.82, 2.24) is 20.1 Å². The highest BCUT2D eigenvalue weighted by molar-refractivity contribution is 5.85. The molecule has 7 heteroatoms. The number of halogens is 2. The van der Waals surface area contributed by atoms with Gasteiger partial charge in [0.05, 0.1) is 6.54 Å². The lowest BCUT2D eigenvalue weighted by molar-refractivity contribution is 0.417. The minimum absolute atomic E-state index is 0. The van der Waals surface area contributed by atoms with Gasteiger partial charge >= 0.3 is 0 Å². The van der Waals surface area contributed by atoms with E-state index in [0.717, 1.165) is 5.82 Å². The largest absolute Gasteiger partial charge is 0.368 e. The molecule has 1 aromatic heterocycles. The van der Waals surface area contributed by atoms with Crippen LogP contribution in [0.1, 0.15) is 26.6 Å². The lowest BCUT2D eigenvalue weighted by Crippen LogP contribution is -2.35. The van der Waals surface area contributed by atoms with Crippen LogP contribution in [0.2, 0.25) is 0 Å². The molecule has 1 rings (SSSR count). The molecule has 5 nitrogen and oxygen atoms in total. The van der Waals surface area contributed by atoms with Gasteiger partial charge in [-0.25, -0.2) is 4.68 Å². The van der Waals surface area contributed by atoms with Crippen LogP contribution in [0, 0.1) is 0 Å². The molecule has 0 bridgehead atoms. The summed E-state index contributed by atoms with van der Waals surface area (Å²) in [5, 5.41) is 7.42. The summed E-state index contributed by atoms with van der Waals surface area (Å²) in [5.74, 6) is 1.18. The Morgan fingerprint density at radius 3 is 2.20 bits per heavy atom. The zero-order valence-electron chi connectivity index (χ0n) is 9.44. The average molecular weight is 256 g/mol. The van der Waals surface area contributed by atoms with Gasteiger partial charge in [0.15, 0.2) is 5.82 Å². The second-order valence-corrected chi connectivity index (χ2v) is 4.11. The van der Waals surface area contributed by atoms with Gasteiger partial charge in [0.25, 0.3) is 0 Å². The van der Waals surface area contributed by atoms with E-state index in [4.69, 9.17) is 5.73 Å². The summed E-state index contributed by atoms with van der Waals surface area (Å²) in [7, 11) is 1.78. The maximum atomic E-state index is 5.54. The molecule has 1 heterocycles. The molecule has 0 aliphatic carbocycles. The highest BCUT2D eigenvalue weighted by Gasteiger charge is 2.10. The molecule has 0 saturated heterocycles. The third-order valence-electron chi connectivity index (χ3n) is 1.62. The van der Waals surface area contributed by atoms with Crippen molar-refractivity contribution >= 4 is 30.8 Å². The number of nitrogens with two attached hydrogens (primary N) is 1. The summed E-state index contributed by atoms with van der Waals surface area (Å²) in [6, 6.07) is 0. The number of aromatic nitrogens is 3. The molecule has 0 fully saturated rings. The number of anilines is 1. The first-order valence-electron chi connectivity index (χ1n) is 4.29. The van der Waals surface area contributed by atoms with Gasteiger partial charge in [0.2, 0.25) is 5.95 Å². The topological polar surface area (TPSA) is 68.8 Å². The Balaban J connectivity index is 0. The highest BCUT2D eigenvalue weighted by atomic mass is 35.5. The number of nitrogens with zero attached hydrogens (tertiary/aromatic N) is 3. The minimum Gasteiger partial charge on any atom is -0.368 e. The Kier molecular flexibility index (Phi) is 6.92. The lowest BCUT2D eigenvalue weighted by atomic mass is 10.1. The van der Waals surface area contributed by atoms with Crippen molar-refractivity contribution < 1.29 is 0 Å². The normalized spacial score (nSPS) is 10.4. The van der Waals surface area contributed by atoms with Crippen molar-refractivity contribution in [2.75, 3.05) is 5.73 Å². The van der Waals surface area contributed by atoms with Crippen molar-refractivity contribution in [2.24, 2.45) is 7.05 Å². The fourth-order valence-electron chi connectivity index (χ4n) is 0.870. The average Bonchev–Trinajstić information content (AvgIpc) is 2.27. The first-order chi connectivity index (χ1) is 5.88. The number of rotatable bonds is 2. The van der Waals surface area contributed by atoms with Crippen LogP contribution in [0.15, 0.2) is 0 Å².